The topological polar surface area (TPSA) is 66.9 Å². The number of carbonyl (C=O) groups excluding carboxylic acids is 1. The molecule has 0 bridgehead atoms. The predicted octanol–water partition coefficient (Wildman–Crippen LogP) is 1.92. The Morgan fingerprint density at radius 2 is 1.84 bits per heavy atom. The zero-order chi connectivity index (χ0) is 18.2. The van der Waals surface area contributed by atoms with Gasteiger partial charge in [0.1, 0.15) is 5.75 Å². The minimum atomic E-state index is -3.78. The number of hydrogen-bond donors (Lipinski definition) is 0. The Morgan fingerprint density at radius 1 is 1.16 bits per heavy atom. The van der Waals surface area contributed by atoms with Crippen molar-refractivity contribution in [2.24, 2.45) is 5.41 Å². The molecule has 2 aliphatic heterocycles. The van der Waals surface area contributed by atoms with Crippen molar-refractivity contribution in [2.75, 3.05) is 26.7 Å². The maximum atomic E-state index is 12.8. The molecule has 2 saturated heterocycles. The first-order valence-electron chi connectivity index (χ1n) is 8.05. The van der Waals surface area contributed by atoms with Crippen molar-refractivity contribution >= 4 is 15.9 Å². The molecule has 1 atom stereocenters. The first kappa shape index (κ1) is 18.1. The third kappa shape index (κ3) is 3.35. The minimum absolute atomic E-state index is 0.00257. The Balaban J connectivity index is 1.78. The number of benzene rings is 1. The van der Waals surface area contributed by atoms with Crippen molar-refractivity contribution in [2.45, 2.75) is 30.8 Å². The number of sulfonamides is 1. The maximum Gasteiger partial charge on any atom is 0.387 e. The van der Waals surface area contributed by atoms with Gasteiger partial charge in [-0.05, 0) is 43.5 Å². The number of alkyl halides is 2. The van der Waals surface area contributed by atoms with Crippen LogP contribution in [0.15, 0.2) is 29.2 Å². The summed E-state index contributed by atoms with van der Waals surface area (Å²) in [5.41, 5.74) is -0.640. The van der Waals surface area contributed by atoms with E-state index in [2.05, 4.69) is 4.74 Å². The molecule has 1 spiro atoms. The lowest BCUT2D eigenvalue weighted by atomic mass is 9.78. The van der Waals surface area contributed by atoms with Gasteiger partial charge < -0.3 is 9.64 Å². The van der Waals surface area contributed by atoms with E-state index in [0.717, 1.165) is 6.42 Å². The quantitative estimate of drug-likeness (QED) is 0.808. The molecule has 0 aliphatic carbocycles. The van der Waals surface area contributed by atoms with Gasteiger partial charge >= 0.3 is 6.61 Å². The number of halogens is 2. The van der Waals surface area contributed by atoms with Gasteiger partial charge in [0.25, 0.3) is 0 Å². The largest absolute Gasteiger partial charge is 0.435 e. The summed E-state index contributed by atoms with van der Waals surface area (Å²) in [5.74, 6) is -0.104. The summed E-state index contributed by atoms with van der Waals surface area (Å²) in [7, 11) is -2.04. The number of ether oxygens (including phenoxy) is 1. The van der Waals surface area contributed by atoms with Crippen molar-refractivity contribution in [3.63, 3.8) is 0 Å². The third-order valence-corrected chi connectivity index (χ3v) is 6.81. The van der Waals surface area contributed by atoms with Crippen LogP contribution < -0.4 is 4.74 Å². The van der Waals surface area contributed by atoms with E-state index in [-0.39, 0.29) is 29.6 Å². The summed E-state index contributed by atoms with van der Waals surface area (Å²) in [4.78, 5) is 14.2. The van der Waals surface area contributed by atoms with Gasteiger partial charge in [-0.25, -0.2) is 8.42 Å². The Kier molecular flexibility index (Phi) is 4.72. The van der Waals surface area contributed by atoms with Gasteiger partial charge in [0.15, 0.2) is 0 Å². The van der Waals surface area contributed by atoms with Crippen LogP contribution >= 0.6 is 0 Å². The number of hydrogen-bond acceptors (Lipinski definition) is 4. The normalized spacial score (nSPS) is 25.1. The molecule has 0 unspecified atom stereocenters. The van der Waals surface area contributed by atoms with Crippen LogP contribution in [-0.2, 0) is 14.8 Å². The van der Waals surface area contributed by atoms with E-state index in [4.69, 9.17) is 0 Å². The van der Waals surface area contributed by atoms with Crippen LogP contribution in [0, 0.1) is 5.41 Å². The molecule has 138 valence electrons. The lowest BCUT2D eigenvalue weighted by Gasteiger charge is -2.37. The molecule has 1 aromatic rings. The van der Waals surface area contributed by atoms with E-state index in [1.165, 1.54) is 28.6 Å². The van der Waals surface area contributed by atoms with Crippen molar-refractivity contribution in [3.05, 3.63) is 24.3 Å². The lowest BCUT2D eigenvalue weighted by Crippen LogP contribution is -2.48. The minimum Gasteiger partial charge on any atom is -0.435 e. The van der Waals surface area contributed by atoms with Gasteiger partial charge in [0.05, 0.1) is 10.3 Å². The average molecular weight is 374 g/mol. The van der Waals surface area contributed by atoms with Gasteiger partial charge in [0, 0.05) is 26.7 Å². The number of likely N-dealkylation sites (tertiary alicyclic amines) is 1. The second kappa shape index (κ2) is 6.53. The SMILES string of the molecule is CN1CCC[C@@]2(CCN(S(=O)(=O)c3ccc(OC(F)F)cc3)C2)C1=O. The monoisotopic (exact) mass is 374 g/mol. The fourth-order valence-corrected chi connectivity index (χ4v) is 5.16. The summed E-state index contributed by atoms with van der Waals surface area (Å²) in [5, 5.41) is 0. The van der Waals surface area contributed by atoms with Crippen LogP contribution in [0.5, 0.6) is 5.75 Å². The smallest absolute Gasteiger partial charge is 0.387 e. The van der Waals surface area contributed by atoms with Crippen molar-refractivity contribution in [1.29, 1.82) is 0 Å². The molecule has 1 amide bonds. The fourth-order valence-electron chi connectivity index (χ4n) is 3.63. The first-order chi connectivity index (χ1) is 11.7. The molecule has 1 aromatic carbocycles. The maximum absolute atomic E-state index is 12.8. The van der Waals surface area contributed by atoms with Crippen LogP contribution in [0.2, 0.25) is 0 Å². The number of amides is 1. The molecule has 0 saturated carbocycles. The summed E-state index contributed by atoms with van der Waals surface area (Å²) in [6.07, 6.45) is 2.04. The number of piperidine rings is 1. The van der Waals surface area contributed by atoms with E-state index in [9.17, 15) is 22.0 Å². The van der Waals surface area contributed by atoms with Gasteiger partial charge in [-0.3, -0.25) is 4.79 Å². The highest BCUT2D eigenvalue weighted by Crippen LogP contribution is 2.41. The van der Waals surface area contributed by atoms with E-state index in [1.54, 1.807) is 11.9 Å². The van der Waals surface area contributed by atoms with Crippen molar-refractivity contribution in [3.8, 4) is 5.75 Å². The molecule has 6 nitrogen and oxygen atoms in total. The number of carbonyl (C=O) groups is 1. The third-order valence-electron chi connectivity index (χ3n) is 4.95. The van der Waals surface area contributed by atoms with E-state index < -0.39 is 22.0 Å². The standard InChI is InChI=1S/C16H20F2N2O4S/c1-19-9-2-7-16(14(19)21)8-10-20(11-16)25(22,23)13-5-3-12(4-6-13)24-15(17)18/h3-6,15H,2,7-11H2,1H3/t16-/m0/s1. The van der Waals surface area contributed by atoms with Gasteiger partial charge in [-0.2, -0.15) is 13.1 Å². The molecular weight excluding hydrogens is 354 g/mol. The lowest BCUT2D eigenvalue weighted by molar-refractivity contribution is -0.143. The summed E-state index contributed by atoms with van der Waals surface area (Å²) in [6, 6.07) is 4.88. The number of nitrogens with zero attached hydrogens (tertiary/aromatic N) is 2. The van der Waals surface area contributed by atoms with Gasteiger partial charge in [0.2, 0.25) is 15.9 Å². The molecule has 2 fully saturated rings. The Labute approximate surface area is 145 Å². The molecule has 25 heavy (non-hydrogen) atoms. The molecule has 3 rings (SSSR count). The summed E-state index contributed by atoms with van der Waals surface area (Å²) in [6.45, 7) is -1.83. The highest BCUT2D eigenvalue weighted by molar-refractivity contribution is 7.89. The molecule has 0 radical (unpaired) electrons. The zero-order valence-corrected chi connectivity index (χ0v) is 14.6. The van der Waals surface area contributed by atoms with Crippen LogP contribution in [-0.4, -0.2) is 56.8 Å². The van der Waals surface area contributed by atoms with Crippen LogP contribution in [0.1, 0.15) is 19.3 Å². The second-order valence-corrected chi connectivity index (χ2v) is 8.49. The summed E-state index contributed by atoms with van der Waals surface area (Å²) < 4.78 is 55.5. The summed E-state index contributed by atoms with van der Waals surface area (Å²) >= 11 is 0. The zero-order valence-electron chi connectivity index (χ0n) is 13.8. The second-order valence-electron chi connectivity index (χ2n) is 6.55. The van der Waals surface area contributed by atoms with Crippen LogP contribution in [0.25, 0.3) is 0 Å². The van der Waals surface area contributed by atoms with Gasteiger partial charge in [-0.1, -0.05) is 0 Å². The van der Waals surface area contributed by atoms with Crippen molar-refractivity contribution in [1.82, 2.24) is 9.21 Å². The Morgan fingerprint density at radius 3 is 2.48 bits per heavy atom. The van der Waals surface area contributed by atoms with Crippen molar-refractivity contribution < 1.29 is 26.7 Å². The van der Waals surface area contributed by atoms with Crippen LogP contribution in [0.4, 0.5) is 8.78 Å². The molecule has 9 heteroatoms. The Hall–Kier alpha value is -1.74. The van der Waals surface area contributed by atoms with Gasteiger partial charge in [-0.15, -0.1) is 0 Å². The molecule has 0 aromatic heterocycles. The Bertz CT molecular complexity index is 754. The molecule has 2 aliphatic rings. The van der Waals surface area contributed by atoms with E-state index in [1.807, 2.05) is 0 Å². The molecular formula is C16H20F2N2O4S. The average Bonchev–Trinajstić information content (AvgIpc) is 2.99. The molecule has 2 heterocycles. The van der Waals surface area contributed by atoms with E-state index >= 15 is 0 Å². The molecule has 0 N–H and O–H groups in total. The highest BCUT2D eigenvalue weighted by Gasteiger charge is 2.50. The predicted molar refractivity (Wildman–Crippen MR) is 85.8 cm³/mol. The van der Waals surface area contributed by atoms with Crippen LogP contribution in [0.3, 0.4) is 0 Å². The highest BCUT2D eigenvalue weighted by atomic mass is 32.2. The number of rotatable bonds is 4. The van der Waals surface area contributed by atoms with E-state index in [0.29, 0.717) is 19.4 Å². The fraction of sp³-hybridized carbons (Fsp3) is 0.562. The first-order valence-corrected chi connectivity index (χ1v) is 9.49.